The Morgan fingerprint density at radius 3 is 2.43 bits per heavy atom. The van der Waals surface area contributed by atoms with Crippen LogP contribution in [0.25, 0.3) is 0 Å². The molecular weight excluding hydrogens is 320 g/mol. The normalized spacial score (nSPS) is 27.0. The highest BCUT2D eigenvalue weighted by Crippen LogP contribution is 2.36. The second-order valence-corrected chi connectivity index (χ2v) is 7.89. The van der Waals surface area contributed by atoms with Gasteiger partial charge in [-0.2, -0.15) is 0 Å². The van der Waals surface area contributed by atoms with Crippen LogP contribution in [-0.2, 0) is 10.0 Å². The van der Waals surface area contributed by atoms with Crippen molar-refractivity contribution in [1.29, 1.82) is 0 Å². The summed E-state index contributed by atoms with van der Waals surface area (Å²) in [6.45, 7) is 0. The van der Waals surface area contributed by atoms with Crippen LogP contribution in [0.2, 0.25) is 0 Å². The smallest absolute Gasteiger partial charge is 0.293 e. The summed E-state index contributed by atoms with van der Waals surface area (Å²) in [7, 11) is -2.14. The zero-order chi connectivity index (χ0) is 16.8. The van der Waals surface area contributed by atoms with Gasteiger partial charge in [0.15, 0.2) is 0 Å². The molecule has 2 saturated heterocycles. The van der Waals surface area contributed by atoms with Crippen LogP contribution in [0.15, 0.2) is 23.1 Å². The molecule has 3 N–H and O–H groups in total. The van der Waals surface area contributed by atoms with Crippen LogP contribution in [0.4, 0.5) is 11.4 Å². The van der Waals surface area contributed by atoms with E-state index < -0.39 is 14.9 Å². The van der Waals surface area contributed by atoms with Crippen molar-refractivity contribution in [2.24, 2.45) is 5.14 Å². The Kier molecular flexibility index (Phi) is 4.03. The minimum absolute atomic E-state index is 0.202. The first-order chi connectivity index (χ1) is 10.8. The molecule has 1 aromatic rings. The molecule has 126 valence electrons. The molecule has 23 heavy (non-hydrogen) atoms. The number of nitrogens with zero attached hydrogens (tertiary/aromatic N) is 2. The van der Waals surface area contributed by atoms with E-state index in [0.29, 0.717) is 17.8 Å². The first-order valence-corrected chi connectivity index (χ1v) is 9.10. The number of anilines is 1. The molecule has 0 aliphatic carbocycles. The number of nitrogens with one attached hydrogen (secondary N) is 1. The Bertz CT molecular complexity index is 724. The fourth-order valence-electron chi connectivity index (χ4n) is 3.66. The van der Waals surface area contributed by atoms with E-state index in [1.165, 1.54) is 12.1 Å². The predicted octanol–water partition coefficient (Wildman–Crippen LogP) is 0.961. The van der Waals surface area contributed by atoms with Crippen molar-refractivity contribution in [3.63, 3.8) is 0 Å². The molecule has 2 atom stereocenters. The van der Waals surface area contributed by atoms with Gasteiger partial charge >= 0.3 is 0 Å². The number of nitro benzene ring substituents is 1. The van der Waals surface area contributed by atoms with Gasteiger partial charge in [-0.15, -0.1) is 0 Å². The molecule has 1 aromatic carbocycles. The van der Waals surface area contributed by atoms with Crippen LogP contribution < -0.4 is 15.4 Å². The molecule has 2 heterocycles. The summed E-state index contributed by atoms with van der Waals surface area (Å²) < 4.78 is 22.8. The summed E-state index contributed by atoms with van der Waals surface area (Å²) in [5.74, 6) is 0. The molecule has 2 bridgehead atoms. The molecule has 2 fully saturated rings. The average Bonchev–Trinajstić information content (AvgIpc) is 2.83. The molecule has 0 radical (unpaired) electrons. The van der Waals surface area contributed by atoms with Gasteiger partial charge in [-0.3, -0.25) is 10.1 Å². The highest BCUT2D eigenvalue weighted by molar-refractivity contribution is 7.89. The van der Waals surface area contributed by atoms with Crippen molar-refractivity contribution >= 4 is 21.4 Å². The molecule has 0 aromatic heterocycles. The highest BCUT2D eigenvalue weighted by atomic mass is 32.2. The quantitative estimate of drug-likeness (QED) is 0.622. The minimum Gasteiger partial charge on any atom is -0.366 e. The largest absolute Gasteiger partial charge is 0.366 e. The molecule has 9 heteroatoms. The topological polar surface area (TPSA) is 119 Å². The van der Waals surface area contributed by atoms with Crippen molar-refractivity contribution in [2.45, 2.75) is 48.7 Å². The third-order valence-electron chi connectivity index (χ3n) is 4.85. The zero-order valence-corrected chi connectivity index (χ0v) is 13.6. The van der Waals surface area contributed by atoms with E-state index in [1.807, 2.05) is 11.9 Å². The third-order valence-corrected chi connectivity index (χ3v) is 5.76. The summed E-state index contributed by atoms with van der Waals surface area (Å²) in [6, 6.07) is 4.96. The van der Waals surface area contributed by atoms with E-state index in [-0.39, 0.29) is 16.6 Å². The Morgan fingerprint density at radius 1 is 1.30 bits per heavy atom. The molecule has 2 aliphatic heterocycles. The monoisotopic (exact) mass is 340 g/mol. The second kappa shape index (κ2) is 5.73. The van der Waals surface area contributed by atoms with E-state index in [9.17, 15) is 18.5 Å². The third kappa shape index (κ3) is 3.17. The lowest BCUT2D eigenvalue weighted by atomic mass is 9.98. The van der Waals surface area contributed by atoms with Gasteiger partial charge in [0.05, 0.1) is 9.82 Å². The van der Waals surface area contributed by atoms with Crippen molar-refractivity contribution in [2.75, 3.05) is 11.9 Å². The molecule has 2 aliphatic rings. The highest BCUT2D eigenvalue weighted by Gasteiger charge is 2.36. The van der Waals surface area contributed by atoms with Crippen molar-refractivity contribution in [3.05, 3.63) is 28.3 Å². The fraction of sp³-hybridized carbons (Fsp3) is 0.571. The Morgan fingerprint density at radius 2 is 1.91 bits per heavy atom. The maximum absolute atomic E-state index is 11.4. The van der Waals surface area contributed by atoms with E-state index in [4.69, 9.17) is 5.14 Å². The van der Waals surface area contributed by atoms with Crippen LogP contribution in [0.1, 0.15) is 25.7 Å². The van der Waals surface area contributed by atoms with E-state index in [1.54, 1.807) is 0 Å². The first kappa shape index (κ1) is 16.2. The van der Waals surface area contributed by atoms with Crippen LogP contribution in [0.5, 0.6) is 0 Å². The van der Waals surface area contributed by atoms with Crippen molar-refractivity contribution in [1.82, 2.24) is 5.32 Å². The van der Waals surface area contributed by atoms with Gasteiger partial charge in [-0.05, 0) is 37.8 Å². The maximum atomic E-state index is 11.4. The fourth-order valence-corrected chi connectivity index (χ4v) is 4.20. The summed E-state index contributed by atoms with van der Waals surface area (Å²) in [5, 5.41) is 20.0. The Hall–Kier alpha value is -1.71. The lowest BCUT2D eigenvalue weighted by Gasteiger charge is -2.36. The Labute approximate surface area is 134 Å². The number of rotatable bonds is 4. The number of nitrogens with two attached hydrogens (primary N) is 1. The summed E-state index contributed by atoms with van der Waals surface area (Å²) in [6.07, 6.45) is 4.14. The number of primary sulfonamides is 1. The summed E-state index contributed by atoms with van der Waals surface area (Å²) in [5.41, 5.74) is 0.193. The van der Waals surface area contributed by atoms with Crippen LogP contribution in [0.3, 0.4) is 0 Å². The summed E-state index contributed by atoms with van der Waals surface area (Å²) in [4.78, 5) is 12.5. The van der Waals surface area contributed by atoms with Gasteiger partial charge in [-0.1, -0.05) is 0 Å². The standard InChI is InChI=1S/C14H20N4O4S/c1-17(11-6-9-2-3-10(7-11)16-9)13-5-4-12(23(15,21)22)8-14(13)18(19)20/h4-5,8-11,16H,2-3,6-7H2,1H3,(H2,15,21,22). The summed E-state index contributed by atoms with van der Waals surface area (Å²) >= 11 is 0. The minimum atomic E-state index is -3.97. The molecular formula is C14H20N4O4S. The molecule has 0 spiro atoms. The zero-order valence-electron chi connectivity index (χ0n) is 12.8. The molecule has 8 nitrogen and oxygen atoms in total. The first-order valence-electron chi connectivity index (χ1n) is 7.56. The Balaban J connectivity index is 1.93. The number of benzene rings is 1. The van der Waals surface area contributed by atoms with Crippen LogP contribution >= 0.6 is 0 Å². The number of nitro groups is 1. The van der Waals surface area contributed by atoms with Gasteiger partial charge < -0.3 is 10.2 Å². The van der Waals surface area contributed by atoms with Gasteiger partial charge in [0, 0.05) is 31.2 Å². The number of hydrogen-bond donors (Lipinski definition) is 2. The van der Waals surface area contributed by atoms with Crippen molar-refractivity contribution < 1.29 is 13.3 Å². The van der Waals surface area contributed by atoms with E-state index in [0.717, 1.165) is 31.7 Å². The SMILES string of the molecule is CN(c1ccc(S(N)(=O)=O)cc1[N+](=O)[O-])C1CC2CCC(C1)N2. The van der Waals surface area contributed by atoms with Gasteiger partial charge in [0.2, 0.25) is 10.0 Å². The number of fused-ring (bicyclic) bond motifs is 2. The van der Waals surface area contributed by atoms with Crippen LogP contribution in [-0.4, -0.2) is 38.5 Å². The van der Waals surface area contributed by atoms with Crippen LogP contribution in [0, 0.1) is 10.1 Å². The van der Waals surface area contributed by atoms with Gasteiger partial charge in [-0.25, -0.2) is 13.6 Å². The predicted molar refractivity (Wildman–Crippen MR) is 85.8 cm³/mol. The lowest BCUT2D eigenvalue weighted by molar-refractivity contribution is -0.384. The van der Waals surface area contributed by atoms with Gasteiger partial charge in [0.1, 0.15) is 5.69 Å². The molecule has 0 amide bonds. The van der Waals surface area contributed by atoms with E-state index in [2.05, 4.69) is 5.32 Å². The number of hydrogen-bond acceptors (Lipinski definition) is 6. The van der Waals surface area contributed by atoms with E-state index >= 15 is 0 Å². The molecule has 0 saturated carbocycles. The second-order valence-electron chi connectivity index (χ2n) is 6.33. The lowest BCUT2D eigenvalue weighted by Crippen LogP contribution is -2.47. The number of piperidine rings is 1. The van der Waals surface area contributed by atoms with Gasteiger partial charge in [0.25, 0.3) is 5.69 Å². The average molecular weight is 340 g/mol. The number of sulfonamides is 1. The maximum Gasteiger partial charge on any atom is 0.293 e. The molecule has 2 unspecified atom stereocenters. The molecule has 3 rings (SSSR count). The van der Waals surface area contributed by atoms with Crippen molar-refractivity contribution in [3.8, 4) is 0 Å².